The van der Waals surface area contributed by atoms with E-state index in [9.17, 15) is 9.90 Å². The summed E-state index contributed by atoms with van der Waals surface area (Å²) in [4.78, 5) is 24.2. The Morgan fingerprint density at radius 3 is 2.64 bits per heavy atom. The van der Waals surface area contributed by atoms with Gasteiger partial charge in [-0.2, -0.15) is 0 Å². The van der Waals surface area contributed by atoms with Crippen LogP contribution in [0.1, 0.15) is 42.1 Å². The van der Waals surface area contributed by atoms with E-state index in [4.69, 9.17) is 22.1 Å². The lowest BCUT2D eigenvalue weighted by atomic mass is 9.71. The molecule has 1 aliphatic heterocycles. The summed E-state index contributed by atoms with van der Waals surface area (Å²) in [6.45, 7) is 7.38. The van der Waals surface area contributed by atoms with Crippen molar-refractivity contribution in [3.05, 3.63) is 88.7 Å². The fourth-order valence-electron chi connectivity index (χ4n) is 6.14. The van der Waals surface area contributed by atoms with Gasteiger partial charge < -0.3 is 25.5 Å². The molecule has 1 fully saturated rings. The number of nitrogens with two attached hydrogens (primary N) is 1. The summed E-state index contributed by atoms with van der Waals surface area (Å²) < 4.78 is 6.07. The molecule has 0 spiro atoms. The van der Waals surface area contributed by atoms with Gasteiger partial charge in [0, 0.05) is 61.1 Å². The van der Waals surface area contributed by atoms with Crippen LogP contribution in [0.15, 0.2) is 72.6 Å². The lowest BCUT2D eigenvalue weighted by Crippen LogP contribution is -2.47. The van der Waals surface area contributed by atoms with Gasteiger partial charge in [0.05, 0.1) is 6.20 Å². The van der Waals surface area contributed by atoms with Crippen LogP contribution in [0.25, 0.3) is 16.6 Å². The standard InChI is InChI=1S/C33H36ClN5O3/c1-33(21-35)10-8-28(22-2-4-25(34)5-3-22)24(18-33)20-38-12-14-39(15-13-38)26-6-7-29(32(40)41)30(17-26)42-27-16-23-9-11-36-31(23)37-19-27/h2-7,9,11,16-17,19H,8,10,12-15,18,20-21,35H2,1H3,(H,36,37)(H,40,41)/t33-/m1/s1. The molecule has 6 rings (SSSR count). The van der Waals surface area contributed by atoms with E-state index in [0.717, 1.165) is 73.7 Å². The molecule has 1 saturated heterocycles. The number of hydrogen-bond donors (Lipinski definition) is 3. The van der Waals surface area contributed by atoms with E-state index in [2.05, 4.69) is 38.8 Å². The van der Waals surface area contributed by atoms with E-state index >= 15 is 0 Å². The second-order valence-electron chi connectivity index (χ2n) is 11.7. The number of halogens is 1. The van der Waals surface area contributed by atoms with Crippen molar-refractivity contribution < 1.29 is 14.6 Å². The van der Waals surface area contributed by atoms with Gasteiger partial charge >= 0.3 is 5.97 Å². The third-order valence-electron chi connectivity index (χ3n) is 8.68. The molecule has 0 saturated carbocycles. The zero-order chi connectivity index (χ0) is 29.3. The molecule has 42 heavy (non-hydrogen) atoms. The van der Waals surface area contributed by atoms with Crippen molar-refractivity contribution in [3.63, 3.8) is 0 Å². The molecular weight excluding hydrogens is 550 g/mol. The summed E-state index contributed by atoms with van der Waals surface area (Å²) in [5.41, 5.74) is 12.3. The number of aromatic amines is 1. The van der Waals surface area contributed by atoms with E-state index in [1.807, 2.05) is 42.6 Å². The van der Waals surface area contributed by atoms with Crippen molar-refractivity contribution in [2.24, 2.45) is 11.1 Å². The zero-order valence-electron chi connectivity index (χ0n) is 23.8. The molecule has 2 aromatic heterocycles. The molecule has 218 valence electrons. The van der Waals surface area contributed by atoms with Crippen LogP contribution in [0.5, 0.6) is 11.5 Å². The number of carboxylic acid groups (broad SMARTS) is 1. The molecular formula is C33H36ClN5O3. The third kappa shape index (κ3) is 6.02. The summed E-state index contributed by atoms with van der Waals surface area (Å²) in [6.07, 6.45) is 6.53. The molecule has 2 aliphatic rings. The Morgan fingerprint density at radius 2 is 1.90 bits per heavy atom. The van der Waals surface area contributed by atoms with Crippen molar-refractivity contribution in [3.8, 4) is 11.5 Å². The summed E-state index contributed by atoms with van der Waals surface area (Å²) >= 11 is 6.18. The summed E-state index contributed by atoms with van der Waals surface area (Å²) in [7, 11) is 0. The number of ether oxygens (including phenoxy) is 1. The second kappa shape index (κ2) is 11.8. The van der Waals surface area contributed by atoms with Crippen LogP contribution >= 0.6 is 11.6 Å². The quantitative estimate of drug-likeness (QED) is 0.219. The Balaban J connectivity index is 1.17. The fraction of sp³-hybridized carbons (Fsp3) is 0.333. The number of nitrogens with zero attached hydrogens (tertiary/aromatic N) is 3. The van der Waals surface area contributed by atoms with Crippen LogP contribution in [-0.4, -0.2) is 65.2 Å². The number of rotatable bonds is 8. The number of aromatic nitrogens is 2. The highest BCUT2D eigenvalue weighted by atomic mass is 35.5. The second-order valence-corrected chi connectivity index (χ2v) is 12.2. The highest BCUT2D eigenvalue weighted by Gasteiger charge is 2.32. The first-order valence-corrected chi connectivity index (χ1v) is 14.8. The Hall–Kier alpha value is -3.85. The van der Waals surface area contributed by atoms with Gasteiger partial charge in [0.25, 0.3) is 0 Å². The van der Waals surface area contributed by atoms with Crippen molar-refractivity contribution in [2.45, 2.75) is 26.2 Å². The average Bonchev–Trinajstić information content (AvgIpc) is 3.46. The molecule has 0 radical (unpaired) electrons. The van der Waals surface area contributed by atoms with Crippen molar-refractivity contribution >= 4 is 39.9 Å². The average molecular weight is 586 g/mol. The zero-order valence-corrected chi connectivity index (χ0v) is 24.5. The van der Waals surface area contributed by atoms with Gasteiger partial charge in [-0.25, -0.2) is 9.78 Å². The molecule has 0 bridgehead atoms. The molecule has 4 N–H and O–H groups in total. The Kier molecular flexibility index (Phi) is 7.94. The molecule has 2 aromatic carbocycles. The van der Waals surface area contributed by atoms with Gasteiger partial charge in [0.15, 0.2) is 0 Å². The predicted octanol–water partition coefficient (Wildman–Crippen LogP) is 6.43. The SMILES string of the molecule is C[C@@]1(CN)CCC(c2ccc(Cl)cc2)=C(CN2CCN(c3ccc(C(=O)O)c(Oc4cnc5[nH]ccc5c4)c3)CC2)C1. The maximum Gasteiger partial charge on any atom is 0.339 e. The van der Waals surface area contributed by atoms with Gasteiger partial charge in [-0.15, -0.1) is 0 Å². The lowest BCUT2D eigenvalue weighted by Gasteiger charge is -2.40. The third-order valence-corrected chi connectivity index (χ3v) is 8.93. The van der Waals surface area contributed by atoms with Crippen LogP contribution in [0.4, 0.5) is 5.69 Å². The minimum absolute atomic E-state index is 0.119. The largest absolute Gasteiger partial charge is 0.478 e. The number of carboxylic acids is 1. The summed E-state index contributed by atoms with van der Waals surface area (Å²) in [6, 6.07) is 17.3. The van der Waals surface area contributed by atoms with Crippen LogP contribution in [0.2, 0.25) is 5.02 Å². The molecule has 1 aliphatic carbocycles. The van der Waals surface area contributed by atoms with Crippen LogP contribution < -0.4 is 15.4 Å². The van der Waals surface area contributed by atoms with Crippen LogP contribution in [-0.2, 0) is 0 Å². The molecule has 0 unspecified atom stereocenters. The Morgan fingerprint density at radius 1 is 1.12 bits per heavy atom. The molecule has 1 atom stereocenters. The van der Waals surface area contributed by atoms with Crippen molar-refractivity contribution in [1.29, 1.82) is 0 Å². The van der Waals surface area contributed by atoms with Gasteiger partial charge in [-0.3, -0.25) is 4.90 Å². The Bertz CT molecular complexity index is 1620. The number of H-pyrrole nitrogens is 1. The van der Waals surface area contributed by atoms with Gasteiger partial charge in [-0.1, -0.05) is 36.2 Å². The maximum atomic E-state index is 12.0. The molecule has 0 amide bonds. The van der Waals surface area contributed by atoms with E-state index in [0.29, 0.717) is 18.0 Å². The van der Waals surface area contributed by atoms with E-state index < -0.39 is 5.97 Å². The number of anilines is 1. The maximum absolute atomic E-state index is 12.0. The van der Waals surface area contributed by atoms with E-state index in [1.165, 1.54) is 16.7 Å². The fourth-order valence-corrected chi connectivity index (χ4v) is 6.27. The predicted molar refractivity (Wildman–Crippen MR) is 168 cm³/mol. The number of carbonyl (C=O) groups is 1. The number of benzene rings is 2. The minimum atomic E-state index is -1.03. The normalized spacial score (nSPS) is 19.8. The topological polar surface area (TPSA) is 108 Å². The van der Waals surface area contributed by atoms with Gasteiger partial charge in [0.2, 0.25) is 0 Å². The number of piperazine rings is 1. The number of nitrogens with one attached hydrogen (secondary N) is 1. The number of hydrogen-bond acceptors (Lipinski definition) is 6. The Labute approximate surface area is 250 Å². The molecule has 3 heterocycles. The van der Waals surface area contributed by atoms with Crippen molar-refractivity contribution in [1.82, 2.24) is 14.9 Å². The van der Waals surface area contributed by atoms with E-state index in [1.54, 1.807) is 12.3 Å². The number of fused-ring (bicyclic) bond motifs is 1. The minimum Gasteiger partial charge on any atom is -0.478 e. The molecule has 4 aromatic rings. The highest BCUT2D eigenvalue weighted by molar-refractivity contribution is 6.30. The van der Waals surface area contributed by atoms with Crippen LogP contribution in [0, 0.1) is 5.41 Å². The highest BCUT2D eigenvalue weighted by Crippen LogP contribution is 2.42. The monoisotopic (exact) mass is 585 g/mol. The number of aromatic carboxylic acids is 1. The molecule has 9 heteroatoms. The van der Waals surface area contributed by atoms with Gasteiger partial charge in [-0.05, 0) is 78.8 Å². The summed E-state index contributed by atoms with van der Waals surface area (Å²) in [5, 5.41) is 11.5. The molecule has 8 nitrogen and oxygen atoms in total. The lowest BCUT2D eigenvalue weighted by molar-refractivity contribution is 0.0694. The van der Waals surface area contributed by atoms with Crippen molar-refractivity contribution in [2.75, 3.05) is 44.2 Å². The number of pyridine rings is 1. The smallest absolute Gasteiger partial charge is 0.339 e. The van der Waals surface area contributed by atoms with E-state index in [-0.39, 0.29) is 11.0 Å². The van der Waals surface area contributed by atoms with Gasteiger partial charge in [0.1, 0.15) is 22.7 Å². The summed E-state index contributed by atoms with van der Waals surface area (Å²) in [5.74, 6) is -0.229. The van der Waals surface area contributed by atoms with Crippen LogP contribution in [0.3, 0.4) is 0 Å². The number of allylic oxidation sites excluding steroid dienone is 1. The first-order chi connectivity index (χ1) is 20.3. The first kappa shape index (κ1) is 28.3. The first-order valence-electron chi connectivity index (χ1n) is 14.4.